The fourth-order valence-electron chi connectivity index (χ4n) is 8.41. The minimum atomic E-state index is -1.99. The average Bonchev–Trinajstić information content (AvgIpc) is 3.05. The zero-order valence-electron chi connectivity index (χ0n) is 32.9. The normalized spacial score (nSPS) is 49.7. The van der Waals surface area contributed by atoms with Crippen molar-refractivity contribution in [1.29, 1.82) is 0 Å². The van der Waals surface area contributed by atoms with Crippen LogP contribution in [0.4, 0.5) is 0 Å². The number of carbonyl (C=O) groups is 2. The van der Waals surface area contributed by atoms with Gasteiger partial charge in [0, 0.05) is 37.3 Å². The lowest BCUT2D eigenvalue weighted by atomic mass is 9.74. The third-order valence-electron chi connectivity index (χ3n) is 11.8. The van der Waals surface area contributed by atoms with Crippen LogP contribution in [0.1, 0.15) is 94.9 Å². The molecule has 14 heteroatoms. The minimum Gasteiger partial charge on any atom is -0.459 e. The first-order valence-electron chi connectivity index (χ1n) is 18.5. The van der Waals surface area contributed by atoms with Crippen molar-refractivity contribution in [3.63, 3.8) is 0 Å². The number of ether oxygens (including phenoxy) is 6. The highest BCUT2D eigenvalue weighted by Crippen LogP contribution is 2.40. The summed E-state index contributed by atoms with van der Waals surface area (Å²) in [7, 11) is 5.18. The van der Waals surface area contributed by atoms with Gasteiger partial charge < -0.3 is 58.9 Å². The molecule has 51 heavy (non-hydrogen) atoms. The molecule has 3 saturated heterocycles. The van der Waals surface area contributed by atoms with E-state index in [4.69, 9.17) is 28.4 Å². The predicted molar refractivity (Wildman–Crippen MR) is 186 cm³/mol. The number of cyclic esters (lactones) is 1. The van der Waals surface area contributed by atoms with Crippen LogP contribution in [0.2, 0.25) is 0 Å². The standard InChI is InChI=1S/C37H67NO13/c1-14-25-37(10,45)30(41)20(4)27(39)18(2)16-35(8,44)32(51-34-28(40)24(38(11)12)15-19(3)47-34)21(5)29(22(6)33(43)49-25)50-26-17-36(9,46-13)31(42)23(7)48-26/h18-26,28-32,34,40-42,44-45H,14-17H2,1-13H3/t18-,19-,20+,21-,22-,23-,24+,25-,26?,28-,29+,30-,31-,32-,34?,35?,36+,37?/m1/s1. The van der Waals surface area contributed by atoms with Gasteiger partial charge in [-0.25, -0.2) is 0 Å². The van der Waals surface area contributed by atoms with Crippen molar-refractivity contribution in [2.75, 3.05) is 21.2 Å². The Kier molecular flexibility index (Phi) is 14.7. The van der Waals surface area contributed by atoms with E-state index < -0.39 is 108 Å². The Morgan fingerprint density at radius 1 is 0.882 bits per heavy atom. The molecule has 4 unspecified atom stereocenters. The highest BCUT2D eigenvalue weighted by molar-refractivity contribution is 5.83. The average molecular weight is 734 g/mol. The van der Waals surface area contributed by atoms with Gasteiger partial charge in [-0.05, 0) is 74.9 Å². The lowest BCUT2D eigenvalue weighted by molar-refractivity contribution is -0.318. The number of aliphatic hydroxyl groups excluding tert-OH is 3. The number of nitrogens with zero attached hydrogens (tertiary/aromatic N) is 1. The molecule has 298 valence electrons. The molecule has 0 bridgehead atoms. The topological polar surface area (TPSA) is 194 Å². The van der Waals surface area contributed by atoms with Gasteiger partial charge in [0.1, 0.15) is 29.7 Å². The first-order chi connectivity index (χ1) is 23.4. The number of hydrogen-bond donors (Lipinski definition) is 5. The minimum absolute atomic E-state index is 0.0936. The van der Waals surface area contributed by atoms with Gasteiger partial charge in [0.2, 0.25) is 0 Å². The molecule has 18 atom stereocenters. The molecule has 3 heterocycles. The molecule has 0 aromatic rings. The summed E-state index contributed by atoms with van der Waals surface area (Å²) in [5.41, 5.74) is -4.84. The number of methoxy groups -OCH3 is 1. The summed E-state index contributed by atoms with van der Waals surface area (Å²) in [6.45, 7) is 16.3. The Hall–Kier alpha value is -1.30. The lowest BCUT2D eigenvalue weighted by Crippen LogP contribution is -2.61. The van der Waals surface area contributed by atoms with Crippen molar-refractivity contribution in [2.24, 2.45) is 23.7 Å². The summed E-state index contributed by atoms with van der Waals surface area (Å²) in [5.74, 6) is -4.98. The van der Waals surface area contributed by atoms with Gasteiger partial charge in [-0.3, -0.25) is 9.59 Å². The quantitative estimate of drug-likeness (QED) is 0.238. The number of rotatable bonds is 7. The second-order valence-corrected chi connectivity index (χ2v) is 16.5. The van der Waals surface area contributed by atoms with Gasteiger partial charge in [0.15, 0.2) is 12.6 Å². The third kappa shape index (κ3) is 9.51. The maximum Gasteiger partial charge on any atom is 0.311 e. The van der Waals surface area contributed by atoms with Gasteiger partial charge in [-0.15, -0.1) is 0 Å². The Morgan fingerprint density at radius 3 is 2.04 bits per heavy atom. The molecular formula is C37H67NO13. The van der Waals surface area contributed by atoms with E-state index in [1.54, 1.807) is 41.5 Å². The van der Waals surface area contributed by atoms with Crippen LogP contribution in [-0.4, -0.2) is 148 Å². The molecule has 14 nitrogen and oxygen atoms in total. The molecule has 3 rings (SSSR count). The summed E-state index contributed by atoms with van der Waals surface area (Å²) >= 11 is 0. The Labute approximate surface area is 304 Å². The first-order valence-corrected chi connectivity index (χ1v) is 18.5. The molecule has 3 fully saturated rings. The van der Waals surface area contributed by atoms with Crippen LogP contribution in [0.25, 0.3) is 0 Å². The van der Waals surface area contributed by atoms with Crippen molar-refractivity contribution in [2.45, 2.75) is 179 Å². The molecular weight excluding hydrogens is 666 g/mol. The molecule has 0 amide bonds. The van der Waals surface area contributed by atoms with Gasteiger partial charge in [0.05, 0.1) is 47.6 Å². The number of hydrogen-bond acceptors (Lipinski definition) is 14. The number of esters is 1. The molecule has 0 radical (unpaired) electrons. The van der Waals surface area contributed by atoms with E-state index in [1.807, 2.05) is 25.9 Å². The van der Waals surface area contributed by atoms with Gasteiger partial charge in [0.25, 0.3) is 0 Å². The Balaban J connectivity index is 2.18. The van der Waals surface area contributed by atoms with Gasteiger partial charge in [-0.1, -0.05) is 27.7 Å². The molecule has 0 spiro atoms. The number of aliphatic hydroxyl groups is 5. The third-order valence-corrected chi connectivity index (χ3v) is 11.8. The summed E-state index contributed by atoms with van der Waals surface area (Å²) < 4.78 is 37.1. The van der Waals surface area contributed by atoms with Gasteiger partial charge in [-0.2, -0.15) is 0 Å². The van der Waals surface area contributed by atoms with Crippen LogP contribution in [0.5, 0.6) is 0 Å². The lowest BCUT2D eigenvalue weighted by Gasteiger charge is -2.49. The Morgan fingerprint density at radius 2 is 1.49 bits per heavy atom. The monoisotopic (exact) mass is 733 g/mol. The summed E-state index contributed by atoms with van der Waals surface area (Å²) in [5, 5.41) is 57.6. The number of Topliss-reactive ketones (excluding diaryl/α,β-unsaturated/α-hetero) is 1. The zero-order valence-corrected chi connectivity index (χ0v) is 32.9. The highest BCUT2D eigenvalue weighted by Gasteiger charge is 2.53. The molecule has 5 N–H and O–H groups in total. The van der Waals surface area contributed by atoms with Crippen molar-refractivity contribution >= 4 is 11.8 Å². The first kappa shape index (κ1) is 44.1. The molecule has 3 aliphatic rings. The smallest absolute Gasteiger partial charge is 0.311 e. The molecule has 0 aliphatic carbocycles. The van der Waals surface area contributed by atoms with E-state index in [0.717, 1.165) is 0 Å². The summed E-state index contributed by atoms with van der Waals surface area (Å²) in [6.07, 6.45) is -9.71. The molecule has 0 saturated carbocycles. The SMILES string of the molecule is CC[C@H]1OC(=O)[C@H](C)[C@@H](OC2C[C@](C)(OC)[C@H](O)[C@@H](C)O2)[C@@H](C)[C@@H](OC2O[C@H](C)C[C@H](N(C)C)[C@H]2O)C(C)(O)C[C@@H](C)C(=O)[C@H](C)[C@@H](O)C1(C)O. The van der Waals surface area contributed by atoms with Crippen molar-refractivity contribution < 1.29 is 63.5 Å². The second kappa shape index (κ2) is 17.0. The summed E-state index contributed by atoms with van der Waals surface area (Å²) in [4.78, 5) is 29.8. The maximum atomic E-state index is 14.1. The van der Waals surface area contributed by atoms with Crippen LogP contribution in [0.15, 0.2) is 0 Å². The van der Waals surface area contributed by atoms with E-state index in [-0.39, 0.29) is 31.4 Å². The van der Waals surface area contributed by atoms with Crippen molar-refractivity contribution in [3.05, 3.63) is 0 Å². The zero-order chi connectivity index (χ0) is 39.0. The van der Waals surface area contributed by atoms with Gasteiger partial charge >= 0.3 is 5.97 Å². The van der Waals surface area contributed by atoms with Crippen LogP contribution < -0.4 is 0 Å². The predicted octanol–water partition coefficient (Wildman–Crippen LogP) is 1.79. The van der Waals surface area contributed by atoms with E-state index in [2.05, 4.69) is 0 Å². The summed E-state index contributed by atoms with van der Waals surface area (Å²) in [6, 6.07) is -0.324. The molecule has 0 aromatic heterocycles. The maximum absolute atomic E-state index is 14.1. The molecule has 0 aromatic carbocycles. The van der Waals surface area contributed by atoms with E-state index in [1.165, 1.54) is 27.9 Å². The van der Waals surface area contributed by atoms with Crippen molar-refractivity contribution in [3.8, 4) is 0 Å². The van der Waals surface area contributed by atoms with E-state index in [9.17, 15) is 35.1 Å². The largest absolute Gasteiger partial charge is 0.459 e. The fourth-order valence-corrected chi connectivity index (χ4v) is 8.41. The molecule has 3 aliphatic heterocycles. The second-order valence-electron chi connectivity index (χ2n) is 16.5. The van der Waals surface area contributed by atoms with Crippen LogP contribution in [-0.2, 0) is 38.0 Å². The van der Waals surface area contributed by atoms with Crippen LogP contribution in [0, 0.1) is 23.7 Å². The van der Waals surface area contributed by atoms with Crippen LogP contribution in [0.3, 0.4) is 0 Å². The van der Waals surface area contributed by atoms with Crippen molar-refractivity contribution in [1.82, 2.24) is 4.90 Å². The number of carbonyl (C=O) groups excluding carboxylic acids is 2. The Bertz CT molecular complexity index is 1170. The van der Waals surface area contributed by atoms with E-state index >= 15 is 0 Å². The fraction of sp³-hybridized carbons (Fsp3) is 0.946. The number of ketones is 1. The number of likely N-dealkylation sites (N-methyl/N-ethyl adjacent to an activating group) is 1. The highest BCUT2D eigenvalue weighted by atomic mass is 16.7. The van der Waals surface area contributed by atoms with Crippen LogP contribution >= 0.6 is 0 Å². The van der Waals surface area contributed by atoms with E-state index in [0.29, 0.717) is 6.42 Å².